The lowest BCUT2D eigenvalue weighted by molar-refractivity contribution is -0.133. The summed E-state index contributed by atoms with van der Waals surface area (Å²) in [7, 11) is 0. The van der Waals surface area contributed by atoms with Gasteiger partial charge in [-0.15, -0.1) is 0 Å². The molecular weight excluding hydrogens is 236 g/mol. The molecule has 2 aliphatic carbocycles. The molecule has 1 atom stereocenters. The van der Waals surface area contributed by atoms with Gasteiger partial charge in [0.2, 0.25) is 5.91 Å². The first-order valence-electron chi connectivity index (χ1n) is 7.88. The minimum atomic E-state index is -0.279. The Labute approximate surface area is 117 Å². The lowest BCUT2D eigenvalue weighted by Gasteiger charge is -2.38. The fraction of sp³-hybridized carbons (Fsp3) is 0.938. The van der Waals surface area contributed by atoms with Crippen LogP contribution in [0.2, 0.25) is 0 Å². The Morgan fingerprint density at radius 2 is 1.84 bits per heavy atom. The van der Waals surface area contributed by atoms with E-state index in [1.54, 1.807) is 0 Å². The van der Waals surface area contributed by atoms with E-state index in [0.717, 1.165) is 44.4 Å². The number of carbonyl (C=O) groups is 1. The van der Waals surface area contributed by atoms with Crippen LogP contribution in [0, 0.1) is 16.7 Å². The predicted octanol–water partition coefficient (Wildman–Crippen LogP) is 2.84. The number of rotatable bonds is 3. The van der Waals surface area contributed by atoms with Gasteiger partial charge in [-0.05, 0) is 56.3 Å². The summed E-state index contributed by atoms with van der Waals surface area (Å²) >= 11 is 0. The standard InChI is InChI=1S/C16H30N2O/c1-12-4-8-16(11-17,9-5-12)14(19)18-13-6-7-15(2,3)10-13/h12-13H,4-11,17H2,1-3H3,(H,18,19). The third kappa shape index (κ3) is 3.31. The zero-order valence-electron chi connectivity index (χ0n) is 12.8. The third-order valence-corrected chi connectivity index (χ3v) is 5.41. The summed E-state index contributed by atoms with van der Waals surface area (Å²) in [6, 6.07) is 0.366. The zero-order valence-corrected chi connectivity index (χ0v) is 12.8. The van der Waals surface area contributed by atoms with Crippen molar-refractivity contribution in [2.75, 3.05) is 6.54 Å². The van der Waals surface area contributed by atoms with E-state index in [2.05, 4.69) is 26.1 Å². The summed E-state index contributed by atoms with van der Waals surface area (Å²) in [5.74, 6) is 0.975. The van der Waals surface area contributed by atoms with Crippen molar-refractivity contribution >= 4 is 5.91 Å². The Bertz CT molecular complexity index is 330. The van der Waals surface area contributed by atoms with Crippen LogP contribution in [-0.2, 0) is 4.79 Å². The largest absolute Gasteiger partial charge is 0.353 e. The molecule has 0 aromatic rings. The molecule has 0 aromatic carbocycles. The monoisotopic (exact) mass is 266 g/mol. The van der Waals surface area contributed by atoms with E-state index in [9.17, 15) is 4.79 Å². The van der Waals surface area contributed by atoms with Crippen LogP contribution < -0.4 is 11.1 Å². The van der Waals surface area contributed by atoms with Crippen molar-refractivity contribution < 1.29 is 4.79 Å². The van der Waals surface area contributed by atoms with Crippen molar-refractivity contribution in [2.24, 2.45) is 22.5 Å². The van der Waals surface area contributed by atoms with Crippen molar-refractivity contribution in [3.63, 3.8) is 0 Å². The average Bonchev–Trinajstić information content (AvgIpc) is 2.70. The number of amides is 1. The van der Waals surface area contributed by atoms with E-state index in [-0.39, 0.29) is 11.3 Å². The summed E-state index contributed by atoms with van der Waals surface area (Å²) in [5.41, 5.74) is 6.06. The van der Waals surface area contributed by atoms with Crippen molar-refractivity contribution in [3.8, 4) is 0 Å². The van der Waals surface area contributed by atoms with Crippen LogP contribution in [0.1, 0.15) is 65.7 Å². The van der Waals surface area contributed by atoms with Crippen molar-refractivity contribution in [1.82, 2.24) is 5.32 Å². The minimum absolute atomic E-state index is 0.226. The highest BCUT2D eigenvalue weighted by Crippen LogP contribution is 2.40. The van der Waals surface area contributed by atoms with Crippen LogP contribution in [0.25, 0.3) is 0 Å². The molecule has 3 heteroatoms. The summed E-state index contributed by atoms with van der Waals surface area (Å²) in [4.78, 5) is 12.6. The van der Waals surface area contributed by atoms with Gasteiger partial charge < -0.3 is 11.1 Å². The Kier molecular flexibility index (Phi) is 4.24. The molecule has 2 fully saturated rings. The molecule has 0 spiro atoms. The van der Waals surface area contributed by atoms with E-state index in [4.69, 9.17) is 5.73 Å². The lowest BCUT2D eigenvalue weighted by atomic mass is 9.70. The maximum atomic E-state index is 12.6. The second kappa shape index (κ2) is 5.43. The Hall–Kier alpha value is -0.570. The van der Waals surface area contributed by atoms with Gasteiger partial charge in [0.15, 0.2) is 0 Å². The first-order valence-corrected chi connectivity index (χ1v) is 7.88. The highest BCUT2D eigenvalue weighted by atomic mass is 16.2. The highest BCUT2D eigenvalue weighted by Gasteiger charge is 2.41. The number of hydrogen-bond acceptors (Lipinski definition) is 2. The van der Waals surface area contributed by atoms with Crippen LogP contribution in [0.4, 0.5) is 0 Å². The molecule has 2 aliphatic rings. The van der Waals surface area contributed by atoms with Gasteiger partial charge >= 0.3 is 0 Å². The summed E-state index contributed by atoms with van der Waals surface area (Å²) in [6.07, 6.45) is 7.65. The molecule has 1 unspecified atom stereocenters. The molecule has 2 rings (SSSR count). The van der Waals surface area contributed by atoms with Crippen LogP contribution in [0.15, 0.2) is 0 Å². The quantitative estimate of drug-likeness (QED) is 0.825. The summed E-state index contributed by atoms with van der Waals surface area (Å²) < 4.78 is 0. The van der Waals surface area contributed by atoms with Crippen molar-refractivity contribution in [3.05, 3.63) is 0 Å². The highest BCUT2D eigenvalue weighted by molar-refractivity contribution is 5.83. The molecule has 0 aliphatic heterocycles. The molecule has 3 nitrogen and oxygen atoms in total. The number of nitrogens with one attached hydrogen (secondary N) is 1. The number of carbonyl (C=O) groups excluding carboxylic acids is 1. The Morgan fingerprint density at radius 1 is 1.21 bits per heavy atom. The molecule has 3 N–H and O–H groups in total. The smallest absolute Gasteiger partial charge is 0.227 e. The molecule has 0 saturated heterocycles. The Morgan fingerprint density at radius 3 is 2.32 bits per heavy atom. The van der Waals surface area contributed by atoms with E-state index >= 15 is 0 Å². The first-order chi connectivity index (χ1) is 8.87. The first kappa shape index (κ1) is 14.8. The van der Waals surface area contributed by atoms with Crippen LogP contribution in [-0.4, -0.2) is 18.5 Å². The molecule has 0 heterocycles. The molecular formula is C16H30N2O. The lowest BCUT2D eigenvalue weighted by Crippen LogP contribution is -2.50. The maximum absolute atomic E-state index is 12.6. The van der Waals surface area contributed by atoms with Crippen LogP contribution >= 0.6 is 0 Å². The maximum Gasteiger partial charge on any atom is 0.227 e. The van der Waals surface area contributed by atoms with Gasteiger partial charge in [0.1, 0.15) is 0 Å². The molecule has 0 aromatic heterocycles. The molecule has 1 amide bonds. The fourth-order valence-corrected chi connectivity index (χ4v) is 3.74. The van der Waals surface area contributed by atoms with Gasteiger partial charge in [0.05, 0.1) is 5.41 Å². The number of nitrogens with two attached hydrogens (primary N) is 1. The minimum Gasteiger partial charge on any atom is -0.353 e. The van der Waals surface area contributed by atoms with Crippen molar-refractivity contribution in [2.45, 2.75) is 71.8 Å². The second-order valence-electron chi connectivity index (χ2n) is 7.74. The predicted molar refractivity (Wildman–Crippen MR) is 78.7 cm³/mol. The van der Waals surface area contributed by atoms with Gasteiger partial charge in [-0.3, -0.25) is 4.79 Å². The van der Waals surface area contributed by atoms with Crippen molar-refractivity contribution in [1.29, 1.82) is 0 Å². The topological polar surface area (TPSA) is 55.1 Å². The molecule has 2 saturated carbocycles. The molecule has 19 heavy (non-hydrogen) atoms. The van der Waals surface area contributed by atoms with Crippen LogP contribution in [0.3, 0.4) is 0 Å². The van der Waals surface area contributed by atoms with Gasteiger partial charge in [-0.1, -0.05) is 20.8 Å². The Balaban J connectivity index is 1.94. The van der Waals surface area contributed by atoms with E-state index in [1.165, 1.54) is 6.42 Å². The average molecular weight is 266 g/mol. The van der Waals surface area contributed by atoms with Gasteiger partial charge in [-0.25, -0.2) is 0 Å². The molecule has 0 bridgehead atoms. The van der Waals surface area contributed by atoms with Gasteiger partial charge in [0.25, 0.3) is 0 Å². The normalized spacial score (nSPS) is 38.1. The SMILES string of the molecule is CC1CCC(CN)(C(=O)NC2CCC(C)(C)C2)CC1. The van der Waals surface area contributed by atoms with E-state index < -0.39 is 0 Å². The summed E-state index contributed by atoms with van der Waals surface area (Å²) in [5, 5.41) is 3.29. The molecule has 110 valence electrons. The zero-order chi connectivity index (χ0) is 14.1. The van der Waals surface area contributed by atoms with Gasteiger partial charge in [-0.2, -0.15) is 0 Å². The fourth-order valence-electron chi connectivity index (χ4n) is 3.74. The molecule has 0 radical (unpaired) electrons. The third-order valence-electron chi connectivity index (χ3n) is 5.41. The van der Waals surface area contributed by atoms with E-state index in [1.807, 2.05) is 0 Å². The van der Waals surface area contributed by atoms with Crippen LogP contribution in [0.5, 0.6) is 0 Å². The van der Waals surface area contributed by atoms with Gasteiger partial charge in [0, 0.05) is 12.6 Å². The second-order valence-corrected chi connectivity index (χ2v) is 7.74. The number of hydrogen-bond donors (Lipinski definition) is 2. The summed E-state index contributed by atoms with van der Waals surface area (Å²) in [6.45, 7) is 7.36. The van der Waals surface area contributed by atoms with E-state index in [0.29, 0.717) is 18.0 Å².